The van der Waals surface area contributed by atoms with E-state index in [0.717, 1.165) is 39.2 Å². The van der Waals surface area contributed by atoms with Crippen LogP contribution >= 0.6 is 0 Å². The van der Waals surface area contributed by atoms with Crippen LogP contribution in [-0.2, 0) is 6.54 Å². The minimum absolute atomic E-state index is 0.278. The van der Waals surface area contributed by atoms with E-state index in [9.17, 15) is 4.39 Å². The average Bonchev–Trinajstić information content (AvgIpc) is 3.43. The Kier molecular flexibility index (Phi) is 3.53. The van der Waals surface area contributed by atoms with E-state index < -0.39 is 0 Å². The first-order valence-electron chi connectivity index (χ1n) is 8.38. The van der Waals surface area contributed by atoms with Gasteiger partial charge in [-0.2, -0.15) is 15.4 Å². The van der Waals surface area contributed by atoms with Gasteiger partial charge in [0.05, 0.1) is 30.5 Å². The van der Waals surface area contributed by atoms with Crippen molar-refractivity contribution in [3.8, 4) is 22.5 Å². The van der Waals surface area contributed by atoms with Gasteiger partial charge in [0, 0.05) is 28.9 Å². The van der Waals surface area contributed by atoms with Crippen LogP contribution in [-0.4, -0.2) is 34.9 Å². The van der Waals surface area contributed by atoms with Gasteiger partial charge in [-0.25, -0.2) is 14.4 Å². The maximum absolute atomic E-state index is 13.4. The Morgan fingerprint density at radius 2 is 1.93 bits per heavy atom. The zero-order chi connectivity index (χ0) is 18.2. The number of rotatable bonds is 4. The molecule has 0 amide bonds. The lowest BCUT2D eigenvalue weighted by Gasteiger charge is -2.11. The molecule has 0 saturated heterocycles. The second kappa shape index (κ2) is 6.17. The first kappa shape index (κ1) is 15.4. The lowest BCUT2D eigenvalue weighted by Crippen LogP contribution is -2.02. The summed E-state index contributed by atoms with van der Waals surface area (Å²) >= 11 is 0. The molecule has 0 spiro atoms. The van der Waals surface area contributed by atoms with Gasteiger partial charge in [-0.05, 0) is 36.4 Å². The van der Waals surface area contributed by atoms with Gasteiger partial charge in [0.15, 0.2) is 0 Å². The van der Waals surface area contributed by atoms with Crippen molar-refractivity contribution >= 4 is 11.0 Å². The van der Waals surface area contributed by atoms with Crippen molar-refractivity contribution in [1.82, 2.24) is 34.9 Å². The number of nitrogens with one attached hydrogen (secondary N) is 2. The molecular weight excluding hydrogens is 345 g/mol. The molecule has 132 valence electrons. The van der Waals surface area contributed by atoms with Gasteiger partial charge >= 0.3 is 0 Å². The van der Waals surface area contributed by atoms with Crippen LogP contribution in [0.4, 0.5) is 4.39 Å². The summed E-state index contributed by atoms with van der Waals surface area (Å²) in [4.78, 5) is 12.1. The highest BCUT2D eigenvalue weighted by atomic mass is 19.1. The molecule has 5 aromatic rings. The molecule has 0 aliphatic rings. The third kappa shape index (κ3) is 2.67. The first-order valence-corrected chi connectivity index (χ1v) is 8.38. The molecule has 2 N–H and O–H groups in total. The molecule has 5 rings (SSSR count). The lowest BCUT2D eigenvalue weighted by atomic mass is 10.0. The zero-order valence-electron chi connectivity index (χ0n) is 14.1. The van der Waals surface area contributed by atoms with Gasteiger partial charge in [-0.3, -0.25) is 0 Å². The van der Waals surface area contributed by atoms with E-state index in [2.05, 4.69) is 30.4 Å². The third-order valence-electron chi connectivity index (χ3n) is 4.47. The molecule has 27 heavy (non-hydrogen) atoms. The molecule has 0 aliphatic carbocycles. The second-order valence-corrected chi connectivity index (χ2v) is 6.14. The van der Waals surface area contributed by atoms with E-state index in [1.54, 1.807) is 30.9 Å². The van der Waals surface area contributed by atoms with Crippen molar-refractivity contribution in [3.05, 3.63) is 72.8 Å². The van der Waals surface area contributed by atoms with Gasteiger partial charge in [0.2, 0.25) is 0 Å². The molecule has 0 radical (unpaired) electrons. The summed E-state index contributed by atoms with van der Waals surface area (Å²) in [5.74, 6) is -0.278. The number of hydrogen-bond donors (Lipinski definition) is 2. The van der Waals surface area contributed by atoms with Gasteiger partial charge in [0.25, 0.3) is 0 Å². The minimum Gasteiger partial charge on any atom is -0.346 e. The van der Waals surface area contributed by atoms with E-state index in [4.69, 9.17) is 0 Å². The summed E-state index contributed by atoms with van der Waals surface area (Å²) < 4.78 is 15.4. The van der Waals surface area contributed by atoms with Crippen LogP contribution in [0, 0.1) is 5.82 Å². The maximum Gasteiger partial charge on any atom is 0.137 e. The van der Waals surface area contributed by atoms with E-state index >= 15 is 0 Å². The molecular formula is C19H14FN7. The van der Waals surface area contributed by atoms with Crippen LogP contribution in [0.2, 0.25) is 0 Å². The monoisotopic (exact) mass is 359 g/mol. The lowest BCUT2D eigenvalue weighted by molar-refractivity contribution is 0.628. The number of hydrogen-bond acceptors (Lipinski definition) is 4. The van der Waals surface area contributed by atoms with Crippen LogP contribution in [0.5, 0.6) is 0 Å². The fraction of sp³-hybridized carbons (Fsp3) is 0.0526. The predicted octanol–water partition coefficient (Wildman–Crippen LogP) is 3.40. The number of fused-ring (bicyclic) bond motifs is 1. The van der Waals surface area contributed by atoms with Crippen LogP contribution in [0.3, 0.4) is 0 Å². The summed E-state index contributed by atoms with van der Waals surface area (Å²) in [7, 11) is 0. The zero-order valence-corrected chi connectivity index (χ0v) is 14.1. The van der Waals surface area contributed by atoms with Crippen LogP contribution < -0.4 is 0 Å². The second-order valence-electron chi connectivity index (χ2n) is 6.14. The normalized spacial score (nSPS) is 11.3. The van der Waals surface area contributed by atoms with E-state index in [1.807, 2.05) is 22.9 Å². The Morgan fingerprint density at radius 1 is 1.04 bits per heavy atom. The highest BCUT2D eigenvalue weighted by Crippen LogP contribution is 2.35. The number of imidazole rings is 1. The van der Waals surface area contributed by atoms with Crippen molar-refractivity contribution in [2.45, 2.75) is 6.54 Å². The molecule has 0 bridgehead atoms. The van der Waals surface area contributed by atoms with E-state index in [0.29, 0.717) is 6.54 Å². The molecule has 0 unspecified atom stereocenters. The molecule has 8 heteroatoms. The SMILES string of the molecule is Fc1ccc(-c2ncn(Cc3cn[nH]n3)c2-c2ccnc3[nH]ccc23)cc1. The molecule has 0 saturated carbocycles. The Balaban J connectivity index is 1.74. The fourth-order valence-corrected chi connectivity index (χ4v) is 3.25. The first-order chi connectivity index (χ1) is 13.3. The quantitative estimate of drug-likeness (QED) is 0.515. The Morgan fingerprint density at radius 3 is 2.74 bits per heavy atom. The fourth-order valence-electron chi connectivity index (χ4n) is 3.25. The smallest absolute Gasteiger partial charge is 0.137 e. The number of aromatic nitrogens is 7. The number of halogens is 1. The van der Waals surface area contributed by atoms with Crippen molar-refractivity contribution in [2.75, 3.05) is 0 Å². The number of H-pyrrole nitrogens is 2. The van der Waals surface area contributed by atoms with Gasteiger partial charge in [-0.1, -0.05) is 0 Å². The molecule has 0 aliphatic heterocycles. The van der Waals surface area contributed by atoms with Crippen molar-refractivity contribution < 1.29 is 4.39 Å². The van der Waals surface area contributed by atoms with Gasteiger partial charge in [-0.15, -0.1) is 0 Å². The molecule has 1 aromatic carbocycles. The Labute approximate surface area is 152 Å². The highest BCUT2D eigenvalue weighted by Gasteiger charge is 2.18. The van der Waals surface area contributed by atoms with E-state index in [-0.39, 0.29) is 5.82 Å². The topological polar surface area (TPSA) is 88.1 Å². The van der Waals surface area contributed by atoms with Crippen LogP contribution in [0.1, 0.15) is 5.69 Å². The van der Waals surface area contributed by atoms with Crippen LogP contribution in [0.15, 0.2) is 61.3 Å². The number of nitrogens with zero attached hydrogens (tertiary/aromatic N) is 5. The molecule has 7 nitrogen and oxygen atoms in total. The van der Waals surface area contributed by atoms with Crippen molar-refractivity contribution in [1.29, 1.82) is 0 Å². The predicted molar refractivity (Wildman–Crippen MR) is 98.2 cm³/mol. The Bertz CT molecular complexity index is 1200. The highest BCUT2D eigenvalue weighted by molar-refractivity contribution is 5.95. The maximum atomic E-state index is 13.4. The molecule has 4 heterocycles. The van der Waals surface area contributed by atoms with E-state index in [1.165, 1.54) is 12.1 Å². The number of aromatic amines is 2. The van der Waals surface area contributed by atoms with Crippen molar-refractivity contribution in [3.63, 3.8) is 0 Å². The summed E-state index contributed by atoms with van der Waals surface area (Å²) in [6.45, 7) is 0.508. The standard InChI is InChI=1S/C19H14FN7/c20-13-3-1-12(2-4-13)17-18(15-5-7-21-19-16(15)6-8-22-19)27(11-23-17)10-14-9-24-26-25-14/h1-9,11H,10H2,(H,21,22)(H,24,25,26). The summed E-state index contributed by atoms with van der Waals surface area (Å²) in [5.41, 5.74) is 5.10. The molecule has 0 atom stereocenters. The molecule has 4 aromatic heterocycles. The largest absolute Gasteiger partial charge is 0.346 e. The summed E-state index contributed by atoms with van der Waals surface area (Å²) in [6, 6.07) is 10.3. The molecule has 0 fully saturated rings. The summed E-state index contributed by atoms with van der Waals surface area (Å²) in [6.07, 6.45) is 7.06. The van der Waals surface area contributed by atoms with Gasteiger partial charge in [0.1, 0.15) is 17.2 Å². The van der Waals surface area contributed by atoms with Crippen LogP contribution in [0.25, 0.3) is 33.5 Å². The number of pyridine rings is 1. The third-order valence-corrected chi connectivity index (χ3v) is 4.47. The van der Waals surface area contributed by atoms with Gasteiger partial charge < -0.3 is 9.55 Å². The number of benzene rings is 1. The average molecular weight is 359 g/mol. The Hall–Kier alpha value is -3.81. The summed E-state index contributed by atoms with van der Waals surface area (Å²) in [5, 5.41) is 11.6. The minimum atomic E-state index is -0.278. The van der Waals surface area contributed by atoms with Crippen molar-refractivity contribution in [2.24, 2.45) is 0 Å².